The Morgan fingerprint density at radius 2 is 1.90 bits per heavy atom. The third kappa shape index (κ3) is 5.31. The van der Waals surface area contributed by atoms with Gasteiger partial charge in [-0.2, -0.15) is 0 Å². The molecule has 0 saturated heterocycles. The van der Waals surface area contributed by atoms with Crippen LogP contribution in [-0.2, 0) is 0 Å². The molecule has 4 N–H and O–H groups in total. The number of amides is 2. The molecule has 21 heavy (non-hydrogen) atoms. The smallest absolute Gasteiger partial charge is 0.337 e. The maximum absolute atomic E-state index is 11.7. The van der Waals surface area contributed by atoms with Crippen molar-refractivity contribution in [3.63, 3.8) is 0 Å². The quantitative estimate of drug-likeness (QED) is 0.572. The molecule has 7 nitrogen and oxygen atoms in total. The molecular formula is C14H21N3O4. The van der Waals surface area contributed by atoms with E-state index in [1.807, 2.05) is 13.8 Å². The van der Waals surface area contributed by atoms with Gasteiger partial charge in [0.2, 0.25) is 0 Å². The fourth-order valence-electron chi connectivity index (χ4n) is 1.85. The Kier molecular flexibility index (Phi) is 6.48. The van der Waals surface area contributed by atoms with E-state index in [9.17, 15) is 14.7 Å². The first kappa shape index (κ1) is 16.8. The minimum absolute atomic E-state index is 0.139. The molecule has 0 fully saturated rings. The highest BCUT2D eigenvalue weighted by atomic mass is 16.4. The number of nitrogens with one attached hydrogen (secondary N) is 2. The number of carboxylic acid groups (broad SMARTS) is 1. The summed E-state index contributed by atoms with van der Waals surface area (Å²) < 4.78 is 0. The van der Waals surface area contributed by atoms with E-state index >= 15 is 0 Å². The van der Waals surface area contributed by atoms with Crippen LogP contribution in [0.15, 0.2) is 18.2 Å². The van der Waals surface area contributed by atoms with Crippen LogP contribution < -0.4 is 10.6 Å². The number of hydrogen-bond acceptors (Lipinski definition) is 4. The number of phenolic OH excluding ortho intramolecular Hbond substituents is 1. The number of carbonyl (C=O) groups excluding carboxylic acids is 1. The molecule has 7 heteroatoms. The first-order valence-corrected chi connectivity index (χ1v) is 6.81. The van der Waals surface area contributed by atoms with Crippen molar-refractivity contribution in [3.8, 4) is 5.75 Å². The number of aromatic hydroxyl groups is 1. The lowest BCUT2D eigenvalue weighted by Gasteiger charge is -2.18. The van der Waals surface area contributed by atoms with Crippen molar-refractivity contribution < 1.29 is 19.8 Å². The number of urea groups is 1. The van der Waals surface area contributed by atoms with Gasteiger partial charge in [0.1, 0.15) is 5.75 Å². The molecule has 0 atom stereocenters. The average molecular weight is 295 g/mol. The van der Waals surface area contributed by atoms with E-state index in [0.717, 1.165) is 25.7 Å². The zero-order valence-corrected chi connectivity index (χ0v) is 12.2. The van der Waals surface area contributed by atoms with Crippen LogP contribution in [0.4, 0.5) is 10.5 Å². The Hall–Kier alpha value is -2.28. The van der Waals surface area contributed by atoms with Crippen LogP contribution in [0.1, 0.15) is 24.2 Å². The van der Waals surface area contributed by atoms with Gasteiger partial charge in [0, 0.05) is 13.1 Å². The number of hydrogen-bond donors (Lipinski definition) is 4. The van der Waals surface area contributed by atoms with Crippen molar-refractivity contribution in [1.82, 2.24) is 10.2 Å². The molecule has 0 aliphatic carbocycles. The summed E-state index contributed by atoms with van der Waals surface area (Å²) in [5.74, 6) is -1.38. The predicted octanol–water partition coefficient (Wildman–Crippen LogP) is 1.55. The maximum Gasteiger partial charge on any atom is 0.337 e. The summed E-state index contributed by atoms with van der Waals surface area (Å²) in [4.78, 5) is 24.9. The predicted molar refractivity (Wildman–Crippen MR) is 79.9 cm³/mol. The molecular weight excluding hydrogens is 274 g/mol. The lowest BCUT2D eigenvalue weighted by Crippen LogP contribution is -2.37. The van der Waals surface area contributed by atoms with E-state index in [1.165, 1.54) is 12.1 Å². The van der Waals surface area contributed by atoms with E-state index in [4.69, 9.17) is 5.11 Å². The molecule has 1 rings (SSSR count). The van der Waals surface area contributed by atoms with Gasteiger partial charge in [-0.3, -0.25) is 0 Å². The van der Waals surface area contributed by atoms with E-state index in [1.54, 1.807) is 0 Å². The minimum atomic E-state index is -1.22. The van der Waals surface area contributed by atoms with Gasteiger partial charge in [-0.1, -0.05) is 13.8 Å². The Balaban J connectivity index is 2.57. The highest BCUT2D eigenvalue weighted by Gasteiger charge is 2.13. The molecule has 0 aliphatic heterocycles. The molecule has 0 heterocycles. The molecule has 2 amide bonds. The Labute approximate surface area is 123 Å². The highest BCUT2D eigenvalue weighted by molar-refractivity contribution is 6.00. The fraction of sp³-hybridized carbons (Fsp3) is 0.429. The summed E-state index contributed by atoms with van der Waals surface area (Å²) in [6, 6.07) is 3.28. The van der Waals surface area contributed by atoms with Crippen LogP contribution in [0, 0.1) is 0 Å². The largest absolute Gasteiger partial charge is 0.508 e. The van der Waals surface area contributed by atoms with Gasteiger partial charge in [0.05, 0.1) is 11.3 Å². The molecule has 0 aliphatic rings. The third-order valence-corrected chi connectivity index (χ3v) is 3.09. The van der Waals surface area contributed by atoms with Crippen LogP contribution >= 0.6 is 0 Å². The van der Waals surface area contributed by atoms with E-state index < -0.39 is 12.0 Å². The number of nitrogens with zero attached hydrogens (tertiary/aromatic N) is 1. The van der Waals surface area contributed by atoms with Crippen LogP contribution in [0.5, 0.6) is 5.75 Å². The summed E-state index contributed by atoms with van der Waals surface area (Å²) in [6.07, 6.45) is 0. The summed E-state index contributed by atoms with van der Waals surface area (Å²) in [5, 5.41) is 23.4. The standard InChI is InChI=1S/C14H21N3O4/c1-3-17(4-2)8-7-15-14(21)16-12-6-5-10(18)9-11(12)13(19)20/h5-6,9,18H,3-4,7-8H2,1-2H3,(H,19,20)(H2,15,16,21). The average Bonchev–Trinajstić information content (AvgIpc) is 2.45. The van der Waals surface area contributed by atoms with Crippen LogP contribution in [-0.4, -0.2) is 53.3 Å². The molecule has 116 valence electrons. The summed E-state index contributed by atoms with van der Waals surface area (Å²) in [6.45, 7) is 7.08. The summed E-state index contributed by atoms with van der Waals surface area (Å²) in [7, 11) is 0. The van der Waals surface area contributed by atoms with Crippen molar-refractivity contribution in [1.29, 1.82) is 0 Å². The third-order valence-electron chi connectivity index (χ3n) is 3.09. The lowest BCUT2D eigenvalue weighted by atomic mass is 10.1. The number of likely N-dealkylation sites (N-methyl/N-ethyl adjacent to an activating group) is 1. The molecule has 0 bridgehead atoms. The minimum Gasteiger partial charge on any atom is -0.508 e. The Morgan fingerprint density at radius 1 is 1.24 bits per heavy atom. The second kappa shape index (κ2) is 8.11. The highest BCUT2D eigenvalue weighted by Crippen LogP contribution is 2.21. The van der Waals surface area contributed by atoms with Gasteiger partial charge >= 0.3 is 12.0 Å². The van der Waals surface area contributed by atoms with Crippen LogP contribution in [0.3, 0.4) is 0 Å². The SMILES string of the molecule is CCN(CC)CCNC(=O)Nc1ccc(O)cc1C(=O)O. The molecule has 1 aromatic rings. The van der Waals surface area contributed by atoms with E-state index in [-0.39, 0.29) is 17.0 Å². The number of phenols is 1. The monoisotopic (exact) mass is 295 g/mol. The fourth-order valence-corrected chi connectivity index (χ4v) is 1.85. The van der Waals surface area contributed by atoms with Crippen molar-refractivity contribution in [2.75, 3.05) is 31.5 Å². The van der Waals surface area contributed by atoms with Crippen LogP contribution in [0.2, 0.25) is 0 Å². The first-order chi connectivity index (χ1) is 9.97. The lowest BCUT2D eigenvalue weighted by molar-refractivity contribution is 0.0697. The zero-order valence-electron chi connectivity index (χ0n) is 12.2. The van der Waals surface area contributed by atoms with Crippen molar-refractivity contribution in [2.24, 2.45) is 0 Å². The maximum atomic E-state index is 11.7. The molecule has 0 radical (unpaired) electrons. The summed E-state index contributed by atoms with van der Waals surface area (Å²) >= 11 is 0. The van der Waals surface area contributed by atoms with Crippen molar-refractivity contribution in [2.45, 2.75) is 13.8 Å². The zero-order chi connectivity index (χ0) is 15.8. The van der Waals surface area contributed by atoms with Gasteiger partial charge in [0.15, 0.2) is 0 Å². The van der Waals surface area contributed by atoms with Crippen molar-refractivity contribution >= 4 is 17.7 Å². The van der Waals surface area contributed by atoms with Gasteiger partial charge in [-0.25, -0.2) is 9.59 Å². The summed E-state index contributed by atoms with van der Waals surface area (Å²) in [5.41, 5.74) is -0.0190. The number of carbonyl (C=O) groups is 2. The number of carboxylic acids is 1. The van der Waals surface area contributed by atoms with Gasteiger partial charge < -0.3 is 25.7 Å². The number of rotatable bonds is 7. The second-order valence-electron chi connectivity index (χ2n) is 4.44. The number of anilines is 1. The second-order valence-corrected chi connectivity index (χ2v) is 4.44. The molecule has 0 aromatic heterocycles. The molecule has 0 saturated carbocycles. The van der Waals surface area contributed by atoms with Gasteiger partial charge in [-0.15, -0.1) is 0 Å². The normalized spacial score (nSPS) is 10.4. The molecule has 0 unspecified atom stereocenters. The van der Waals surface area contributed by atoms with E-state index in [2.05, 4.69) is 15.5 Å². The number of aromatic carboxylic acids is 1. The Morgan fingerprint density at radius 3 is 2.48 bits per heavy atom. The van der Waals surface area contributed by atoms with Gasteiger partial charge in [0.25, 0.3) is 0 Å². The Bertz CT molecular complexity index is 501. The van der Waals surface area contributed by atoms with Crippen molar-refractivity contribution in [3.05, 3.63) is 23.8 Å². The first-order valence-electron chi connectivity index (χ1n) is 6.81. The van der Waals surface area contributed by atoms with Gasteiger partial charge in [-0.05, 0) is 31.3 Å². The van der Waals surface area contributed by atoms with E-state index in [0.29, 0.717) is 6.54 Å². The topological polar surface area (TPSA) is 102 Å². The molecule has 1 aromatic carbocycles. The van der Waals surface area contributed by atoms with Crippen LogP contribution in [0.25, 0.3) is 0 Å². The number of benzene rings is 1. The molecule has 0 spiro atoms.